The van der Waals surface area contributed by atoms with Gasteiger partial charge < -0.3 is 15.8 Å². The van der Waals surface area contributed by atoms with E-state index in [1.807, 2.05) is 18.2 Å². The van der Waals surface area contributed by atoms with Gasteiger partial charge >= 0.3 is 0 Å². The summed E-state index contributed by atoms with van der Waals surface area (Å²) in [5, 5.41) is 11.0. The highest BCUT2D eigenvalue weighted by molar-refractivity contribution is 5.75. The molecule has 100 valence electrons. The van der Waals surface area contributed by atoms with Crippen LogP contribution in [-0.4, -0.2) is 34.9 Å². The molecule has 19 heavy (non-hydrogen) atoms. The second-order valence-electron chi connectivity index (χ2n) is 4.82. The number of ether oxygens (including phenoxy) is 1. The summed E-state index contributed by atoms with van der Waals surface area (Å²) in [5.41, 5.74) is 6.98. The predicted molar refractivity (Wildman–Crippen MR) is 72.8 cm³/mol. The topological polar surface area (TPSA) is 86.0 Å². The van der Waals surface area contributed by atoms with Crippen LogP contribution in [0.25, 0.3) is 11.0 Å². The standard InChI is InChI=1S/C13H17N5O/c14-13-16-12-7-10(1-2-11(12)17-18-13)19-8-9-3-5-15-6-4-9/h1-2,7,9,15H,3-6,8H2,(H2,14,16,18). The molecule has 0 bridgehead atoms. The number of benzene rings is 1. The molecular weight excluding hydrogens is 242 g/mol. The molecule has 0 spiro atoms. The fourth-order valence-corrected chi connectivity index (χ4v) is 2.28. The maximum atomic E-state index is 5.84. The molecule has 1 fully saturated rings. The Labute approximate surface area is 111 Å². The van der Waals surface area contributed by atoms with Crippen molar-refractivity contribution in [2.75, 3.05) is 25.4 Å². The van der Waals surface area contributed by atoms with Crippen LogP contribution >= 0.6 is 0 Å². The molecule has 0 saturated carbocycles. The Kier molecular flexibility index (Phi) is 3.41. The molecule has 1 aromatic carbocycles. The lowest BCUT2D eigenvalue weighted by Crippen LogP contribution is -2.30. The second-order valence-corrected chi connectivity index (χ2v) is 4.82. The van der Waals surface area contributed by atoms with Gasteiger partial charge in [0, 0.05) is 6.07 Å². The van der Waals surface area contributed by atoms with Crippen LogP contribution in [0.5, 0.6) is 5.75 Å². The van der Waals surface area contributed by atoms with Crippen LogP contribution in [0, 0.1) is 5.92 Å². The maximum Gasteiger partial charge on any atom is 0.240 e. The van der Waals surface area contributed by atoms with Crippen molar-refractivity contribution >= 4 is 17.0 Å². The van der Waals surface area contributed by atoms with E-state index in [0.29, 0.717) is 5.92 Å². The fraction of sp³-hybridized carbons (Fsp3) is 0.462. The Hall–Kier alpha value is -1.95. The van der Waals surface area contributed by atoms with Gasteiger partial charge in [0.2, 0.25) is 5.95 Å². The first-order chi connectivity index (χ1) is 9.31. The molecule has 1 aromatic heterocycles. The number of fused-ring (bicyclic) bond motifs is 1. The number of piperidine rings is 1. The second kappa shape index (κ2) is 5.36. The van der Waals surface area contributed by atoms with Gasteiger partial charge in [-0.2, -0.15) is 0 Å². The van der Waals surface area contributed by atoms with Gasteiger partial charge in [0.25, 0.3) is 0 Å². The zero-order chi connectivity index (χ0) is 13.1. The molecule has 0 atom stereocenters. The first-order valence-electron chi connectivity index (χ1n) is 6.55. The lowest BCUT2D eigenvalue weighted by Gasteiger charge is -2.22. The number of hydrogen-bond donors (Lipinski definition) is 2. The van der Waals surface area contributed by atoms with Crippen molar-refractivity contribution in [3.63, 3.8) is 0 Å². The van der Waals surface area contributed by atoms with Crippen molar-refractivity contribution in [3.8, 4) is 5.75 Å². The number of nitrogens with two attached hydrogens (primary N) is 1. The van der Waals surface area contributed by atoms with Crippen molar-refractivity contribution in [1.82, 2.24) is 20.5 Å². The molecule has 0 radical (unpaired) electrons. The van der Waals surface area contributed by atoms with E-state index in [2.05, 4.69) is 20.5 Å². The maximum absolute atomic E-state index is 5.84. The summed E-state index contributed by atoms with van der Waals surface area (Å²) < 4.78 is 5.84. The Balaban J connectivity index is 1.70. The third-order valence-corrected chi connectivity index (χ3v) is 3.39. The van der Waals surface area contributed by atoms with Crippen LogP contribution in [-0.2, 0) is 0 Å². The largest absolute Gasteiger partial charge is 0.493 e. The van der Waals surface area contributed by atoms with Crippen molar-refractivity contribution in [3.05, 3.63) is 18.2 Å². The van der Waals surface area contributed by atoms with E-state index in [0.717, 1.165) is 36.5 Å². The van der Waals surface area contributed by atoms with Gasteiger partial charge in [-0.1, -0.05) is 0 Å². The van der Waals surface area contributed by atoms with Crippen LogP contribution in [0.1, 0.15) is 12.8 Å². The molecule has 3 rings (SSSR count). The lowest BCUT2D eigenvalue weighted by atomic mass is 9.99. The SMILES string of the molecule is Nc1nnc2ccc(OCC3CCNCC3)cc2n1. The van der Waals surface area contributed by atoms with E-state index in [1.54, 1.807) is 0 Å². The van der Waals surface area contributed by atoms with Crippen molar-refractivity contribution in [2.24, 2.45) is 5.92 Å². The van der Waals surface area contributed by atoms with E-state index < -0.39 is 0 Å². The molecule has 0 unspecified atom stereocenters. The molecule has 6 heteroatoms. The van der Waals surface area contributed by atoms with Gasteiger partial charge in [-0.3, -0.25) is 0 Å². The minimum atomic E-state index is 0.183. The Morgan fingerprint density at radius 1 is 1.21 bits per heavy atom. The van der Waals surface area contributed by atoms with E-state index >= 15 is 0 Å². The van der Waals surface area contributed by atoms with Crippen molar-refractivity contribution in [2.45, 2.75) is 12.8 Å². The first kappa shape index (κ1) is 12.1. The zero-order valence-electron chi connectivity index (χ0n) is 10.7. The van der Waals surface area contributed by atoms with Crippen molar-refractivity contribution in [1.29, 1.82) is 0 Å². The number of nitrogen functional groups attached to an aromatic ring is 1. The normalized spacial score (nSPS) is 16.6. The number of hydrogen-bond acceptors (Lipinski definition) is 6. The number of nitrogens with zero attached hydrogens (tertiary/aromatic N) is 3. The first-order valence-corrected chi connectivity index (χ1v) is 6.55. The van der Waals surface area contributed by atoms with E-state index in [-0.39, 0.29) is 5.95 Å². The molecule has 2 aromatic rings. The summed E-state index contributed by atoms with van der Waals surface area (Å²) in [6.45, 7) is 2.92. The molecule has 3 N–H and O–H groups in total. The average molecular weight is 259 g/mol. The molecular formula is C13H17N5O. The Bertz CT molecular complexity index is 568. The highest BCUT2D eigenvalue weighted by atomic mass is 16.5. The predicted octanol–water partition coefficient (Wildman–Crippen LogP) is 0.985. The van der Waals surface area contributed by atoms with Crippen LogP contribution in [0.4, 0.5) is 5.95 Å². The molecule has 1 aliphatic heterocycles. The third kappa shape index (κ3) is 2.90. The Morgan fingerprint density at radius 2 is 2.05 bits per heavy atom. The van der Waals surface area contributed by atoms with Gasteiger partial charge in [-0.25, -0.2) is 4.98 Å². The van der Waals surface area contributed by atoms with Gasteiger partial charge in [-0.05, 0) is 44.0 Å². The van der Waals surface area contributed by atoms with Gasteiger partial charge in [0.05, 0.1) is 12.1 Å². The lowest BCUT2D eigenvalue weighted by molar-refractivity contribution is 0.215. The van der Waals surface area contributed by atoms with Gasteiger partial charge in [0.1, 0.15) is 11.3 Å². The van der Waals surface area contributed by atoms with Crippen LogP contribution < -0.4 is 15.8 Å². The Morgan fingerprint density at radius 3 is 2.89 bits per heavy atom. The van der Waals surface area contributed by atoms with E-state index in [9.17, 15) is 0 Å². The molecule has 6 nitrogen and oxygen atoms in total. The monoisotopic (exact) mass is 259 g/mol. The molecule has 0 aliphatic carbocycles. The molecule has 1 saturated heterocycles. The average Bonchev–Trinajstić information content (AvgIpc) is 2.46. The van der Waals surface area contributed by atoms with Crippen LogP contribution in [0.15, 0.2) is 18.2 Å². The summed E-state index contributed by atoms with van der Waals surface area (Å²) >= 11 is 0. The fourth-order valence-electron chi connectivity index (χ4n) is 2.28. The third-order valence-electron chi connectivity index (χ3n) is 3.39. The van der Waals surface area contributed by atoms with Gasteiger partial charge in [-0.15, -0.1) is 10.2 Å². The highest BCUT2D eigenvalue weighted by Crippen LogP contribution is 2.20. The van der Waals surface area contributed by atoms with Crippen LogP contribution in [0.3, 0.4) is 0 Å². The minimum absolute atomic E-state index is 0.183. The molecule has 0 amide bonds. The van der Waals surface area contributed by atoms with Gasteiger partial charge in [0.15, 0.2) is 0 Å². The van der Waals surface area contributed by atoms with E-state index in [1.165, 1.54) is 12.8 Å². The number of nitrogens with one attached hydrogen (secondary N) is 1. The minimum Gasteiger partial charge on any atom is -0.493 e. The molecule has 2 heterocycles. The number of anilines is 1. The summed E-state index contributed by atoms with van der Waals surface area (Å²) in [5.74, 6) is 1.62. The summed E-state index contributed by atoms with van der Waals surface area (Å²) in [6.07, 6.45) is 2.34. The summed E-state index contributed by atoms with van der Waals surface area (Å²) in [7, 11) is 0. The highest BCUT2D eigenvalue weighted by Gasteiger charge is 2.13. The number of rotatable bonds is 3. The van der Waals surface area contributed by atoms with E-state index in [4.69, 9.17) is 10.5 Å². The molecule has 1 aliphatic rings. The number of aromatic nitrogens is 3. The zero-order valence-corrected chi connectivity index (χ0v) is 10.7. The summed E-state index contributed by atoms with van der Waals surface area (Å²) in [6, 6.07) is 5.62. The van der Waals surface area contributed by atoms with Crippen molar-refractivity contribution < 1.29 is 4.74 Å². The van der Waals surface area contributed by atoms with Crippen LogP contribution in [0.2, 0.25) is 0 Å². The quantitative estimate of drug-likeness (QED) is 0.854. The smallest absolute Gasteiger partial charge is 0.240 e. The summed E-state index contributed by atoms with van der Waals surface area (Å²) in [4.78, 5) is 4.15.